The standard InChI is InChI=1S/C19H17NO2/c1-19(18(21)22,13-14-9-11-20-12-10-14)17-8-4-6-15-5-2-3-7-16(15)17/h2-12H,13H2,1H3,(H,21,22). The lowest BCUT2D eigenvalue weighted by Gasteiger charge is -2.27. The summed E-state index contributed by atoms with van der Waals surface area (Å²) in [4.78, 5) is 16.0. The molecule has 0 bridgehead atoms. The first kappa shape index (κ1) is 14.3. The second-order valence-electron chi connectivity index (χ2n) is 5.70. The van der Waals surface area contributed by atoms with Crippen LogP contribution in [0, 0.1) is 0 Å². The number of pyridine rings is 1. The highest BCUT2D eigenvalue weighted by Crippen LogP contribution is 2.34. The first-order valence-electron chi connectivity index (χ1n) is 7.22. The molecule has 0 spiro atoms. The Morgan fingerprint density at radius 3 is 2.45 bits per heavy atom. The van der Waals surface area contributed by atoms with E-state index in [0.29, 0.717) is 6.42 Å². The minimum atomic E-state index is -0.984. The highest BCUT2D eigenvalue weighted by Gasteiger charge is 2.36. The third kappa shape index (κ3) is 2.46. The number of carboxylic acids is 1. The Kier molecular flexibility index (Phi) is 3.63. The molecule has 3 nitrogen and oxygen atoms in total. The van der Waals surface area contributed by atoms with Gasteiger partial charge in [-0.3, -0.25) is 9.78 Å². The van der Waals surface area contributed by atoms with Crippen LogP contribution in [0.1, 0.15) is 18.1 Å². The molecule has 3 rings (SSSR count). The number of carbonyl (C=O) groups is 1. The van der Waals surface area contributed by atoms with Crippen LogP contribution in [0.3, 0.4) is 0 Å². The Balaban J connectivity index is 2.16. The molecule has 0 aliphatic rings. The number of nitrogens with zero attached hydrogens (tertiary/aromatic N) is 1. The summed E-state index contributed by atoms with van der Waals surface area (Å²) in [5.74, 6) is -0.819. The van der Waals surface area contributed by atoms with Crippen LogP contribution < -0.4 is 0 Å². The van der Waals surface area contributed by atoms with Crippen LogP contribution in [-0.4, -0.2) is 16.1 Å². The Morgan fingerprint density at radius 1 is 1.05 bits per heavy atom. The van der Waals surface area contributed by atoms with Gasteiger partial charge in [-0.05, 0) is 47.4 Å². The highest BCUT2D eigenvalue weighted by atomic mass is 16.4. The van der Waals surface area contributed by atoms with Crippen molar-refractivity contribution in [2.45, 2.75) is 18.8 Å². The Labute approximate surface area is 129 Å². The fraction of sp³-hybridized carbons (Fsp3) is 0.158. The zero-order valence-electron chi connectivity index (χ0n) is 12.4. The maximum Gasteiger partial charge on any atom is 0.314 e. The molecule has 0 amide bonds. The summed E-state index contributed by atoms with van der Waals surface area (Å²) in [6.45, 7) is 1.79. The second-order valence-corrected chi connectivity index (χ2v) is 5.70. The van der Waals surface area contributed by atoms with Gasteiger partial charge in [0.2, 0.25) is 0 Å². The Morgan fingerprint density at radius 2 is 1.73 bits per heavy atom. The molecule has 1 N–H and O–H groups in total. The number of hydrogen-bond donors (Lipinski definition) is 1. The monoisotopic (exact) mass is 291 g/mol. The van der Waals surface area contributed by atoms with E-state index in [1.54, 1.807) is 19.3 Å². The van der Waals surface area contributed by atoms with E-state index in [0.717, 1.165) is 21.9 Å². The number of benzene rings is 2. The van der Waals surface area contributed by atoms with Gasteiger partial charge in [-0.25, -0.2) is 0 Å². The zero-order chi connectivity index (χ0) is 15.6. The average Bonchev–Trinajstić information content (AvgIpc) is 2.55. The van der Waals surface area contributed by atoms with E-state index in [1.807, 2.05) is 54.6 Å². The lowest BCUT2D eigenvalue weighted by Crippen LogP contribution is -2.35. The minimum absolute atomic E-state index is 0.429. The largest absolute Gasteiger partial charge is 0.481 e. The highest BCUT2D eigenvalue weighted by molar-refractivity contribution is 5.93. The first-order chi connectivity index (χ1) is 10.6. The third-order valence-electron chi connectivity index (χ3n) is 4.16. The number of aromatic nitrogens is 1. The Bertz CT molecular complexity index is 809. The van der Waals surface area contributed by atoms with E-state index in [1.165, 1.54) is 0 Å². The predicted molar refractivity (Wildman–Crippen MR) is 86.9 cm³/mol. The summed E-state index contributed by atoms with van der Waals surface area (Å²) in [6.07, 6.45) is 3.82. The van der Waals surface area contributed by atoms with E-state index in [4.69, 9.17) is 0 Å². The molecule has 1 unspecified atom stereocenters. The van der Waals surface area contributed by atoms with Crippen LogP contribution in [0.4, 0.5) is 0 Å². The van der Waals surface area contributed by atoms with Crippen LogP contribution >= 0.6 is 0 Å². The fourth-order valence-electron chi connectivity index (χ4n) is 2.90. The predicted octanol–water partition coefficient (Wildman–Crippen LogP) is 3.82. The lowest BCUT2D eigenvalue weighted by atomic mass is 9.75. The van der Waals surface area contributed by atoms with Gasteiger partial charge in [0.15, 0.2) is 0 Å². The van der Waals surface area contributed by atoms with Crippen molar-refractivity contribution in [1.82, 2.24) is 4.98 Å². The van der Waals surface area contributed by atoms with Crippen molar-refractivity contribution in [3.63, 3.8) is 0 Å². The molecule has 0 aliphatic carbocycles. The zero-order valence-corrected chi connectivity index (χ0v) is 12.4. The van der Waals surface area contributed by atoms with E-state index >= 15 is 0 Å². The molecule has 22 heavy (non-hydrogen) atoms. The number of fused-ring (bicyclic) bond motifs is 1. The van der Waals surface area contributed by atoms with Crippen molar-refractivity contribution < 1.29 is 9.90 Å². The first-order valence-corrected chi connectivity index (χ1v) is 7.22. The number of aliphatic carboxylic acids is 1. The maximum absolute atomic E-state index is 12.1. The second kappa shape index (κ2) is 5.60. The average molecular weight is 291 g/mol. The van der Waals surface area contributed by atoms with Crippen LogP contribution in [0.15, 0.2) is 67.0 Å². The number of carboxylic acid groups (broad SMARTS) is 1. The number of hydrogen-bond acceptors (Lipinski definition) is 2. The van der Waals surface area contributed by atoms with Gasteiger partial charge < -0.3 is 5.11 Å². The van der Waals surface area contributed by atoms with Crippen molar-refractivity contribution in [2.75, 3.05) is 0 Å². The molecule has 0 saturated heterocycles. The molecule has 0 radical (unpaired) electrons. The van der Waals surface area contributed by atoms with Crippen LogP contribution in [-0.2, 0) is 16.6 Å². The molecule has 2 aromatic carbocycles. The molecule has 3 heteroatoms. The van der Waals surface area contributed by atoms with Crippen molar-refractivity contribution in [1.29, 1.82) is 0 Å². The van der Waals surface area contributed by atoms with Crippen molar-refractivity contribution >= 4 is 16.7 Å². The van der Waals surface area contributed by atoms with Crippen LogP contribution in [0.2, 0.25) is 0 Å². The van der Waals surface area contributed by atoms with Gasteiger partial charge in [0, 0.05) is 12.4 Å². The van der Waals surface area contributed by atoms with Crippen LogP contribution in [0.25, 0.3) is 10.8 Å². The van der Waals surface area contributed by atoms with Gasteiger partial charge in [0.25, 0.3) is 0 Å². The molecular weight excluding hydrogens is 274 g/mol. The van der Waals surface area contributed by atoms with Gasteiger partial charge in [0.05, 0.1) is 5.41 Å². The quantitative estimate of drug-likeness (QED) is 0.795. The molecule has 0 fully saturated rings. The topological polar surface area (TPSA) is 50.2 Å². The molecule has 0 aliphatic heterocycles. The Hall–Kier alpha value is -2.68. The van der Waals surface area contributed by atoms with Gasteiger partial charge in [-0.15, -0.1) is 0 Å². The lowest BCUT2D eigenvalue weighted by molar-refractivity contribution is -0.143. The number of rotatable bonds is 4. The summed E-state index contributed by atoms with van der Waals surface area (Å²) in [5, 5.41) is 11.9. The van der Waals surface area contributed by atoms with Gasteiger partial charge in [0.1, 0.15) is 0 Å². The van der Waals surface area contributed by atoms with E-state index in [-0.39, 0.29) is 0 Å². The summed E-state index contributed by atoms with van der Waals surface area (Å²) < 4.78 is 0. The van der Waals surface area contributed by atoms with Crippen molar-refractivity contribution in [3.8, 4) is 0 Å². The van der Waals surface area contributed by atoms with Crippen molar-refractivity contribution in [2.24, 2.45) is 0 Å². The van der Waals surface area contributed by atoms with Gasteiger partial charge >= 0.3 is 5.97 Å². The maximum atomic E-state index is 12.1. The normalized spacial score (nSPS) is 13.7. The molecule has 110 valence electrons. The van der Waals surface area contributed by atoms with Crippen LogP contribution in [0.5, 0.6) is 0 Å². The summed E-state index contributed by atoms with van der Waals surface area (Å²) >= 11 is 0. The molecular formula is C19H17NO2. The van der Waals surface area contributed by atoms with E-state index < -0.39 is 11.4 Å². The van der Waals surface area contributed by atoms with Gasteiger partial charge in [-0.2, -0.15) is 0 Å². The van der Waals surface area contributed by atoms with Crippen molar-refractivity contribution in [3.05, 3.63) is 78.1 Å². The minimum Gasteiger partial charge on any atom is -0.481 e. The van der Waals surface area contributed by atoms with E-state index in [9.17, 15) is 9.90 Å². The summed E-state index contributed by atoms with van der Waals surface area (Å²) in [7, 11) is 0. The molecule has 1 atom stereocenters. The van der Waals surface area contributed by atoms with E-state index in [2.05, 4.69) is 4.98 Å². The fourth-order valence-corrected chi connectivity index (χ4v) is 2.90. The summed E-state index contributed by atoms with van der Waals surface area (Å²) in [5.41, 5.74) is 0.824. The molecule has 0 saturated carbocycles. The van der Waals surface area contributed by atoms with Gasteiger partial charge in [-0.1, -0.05) is 42.5 Å². The molecule has 1 heterocycles. The summed E-state index contributed by atoms with van der Waals surface area (Å²) in [6, 6.07) is 17.5. The molecule has 1 aromatic heterocycles. The third-order valence-corrected chi connectivity index (χ3v) is 4.16. The SMILES string of the molecule is CC(Cc1ccncc1)(C(=O)O)c1cccc2ccccc12. The molecule has 3 aromatic rings. The smallest absolute Gasteiger partial charge is 0.314 e.